The van der Waals surface area contributed by atoms with E-state index in [1.54, 1.807) is 6.08 Å². The van der Waals surface area contributed by atoms with E-state index in [0.717, 1.165) is 27.5 Å². The Balaban J connectivity index is 1.54. The molecule has 0 aliphatic rings. The number of aryl methyl sites for hydroxylation is 1. The van der Waals surface area contributed by atoms with Crippen molar-refractivity contribution in [1.29, 1.82) is 5.26 Å². The van der Waals surface area contributed by atoms with E-state index in [2.05, 4.69) is 61.4 Å². The van der Waals surface area contributed by atoms with Gasteiger partial charge in [-0.15, -0.1) is 0 Å². The predicted molar refractivity (Wildman–Crippen MR) is 148 cm³/mol. The van der Waals surface area contributed by atoms with Gasteiger partial charge >= 0.3 is 0 Å². The van der Waals surface area contributed by atoms with Crippen molar-refractivity contribution in [3.05, 3.63) is 110 Å². The standard InChI is InChI=1S/C29H22Br2N2O2/c1-18-7-5-12-27(19(18)2)33-29(34)23(16-32)13-20-14-25(30)28(26(31)15-20)35-17-22-10-6-9-21-8-3-4-11-24(21)22/h3-15H,17H2,1-2H3,(H,33,34)/b23-13+. The summed E-state index contributed by atoms with van der Waals surface area (Å²) in [5.41, 5.74) is 4.51. The maximum absolute atomic E-state index is 12.8. The monoisotopic (exact) mass is 588 g/mol. The molecule has 4 aromatic rings. The third kappa shape index (κ3) is 5.64. The van der Waals surface area contributed by atoms with E-state index >= 15 is 0 Å². The zero-order valence-corrected chi connectivity index (χ0v) is 22.4. The Morgan fingerprint density at radius 3 is 2.43 bits per heavy atom. The molecule has 0 saturated carbocycles. The number of nitrogens with one attached hydrogen (secondary N) is 1. The lowest BCUT2D eigenvalue weighted by Crippen LogP contribution is -2.14. The van der Waals surface area contributed by atoms with Gasteiger partial charge in [-0.1, -0.05) is 54.6 Å². The van der Waals surface area contributed by atoms with Gasteiger partial charge in [0.05, 0.1) is 8.95 Å². The second-order valence-corrected chi connectivity index (χ2v) is 9.82. The second-order valence-electron chi connectivity index (χ2n) is 8.11. The minimum absolute atomic E-state index is 0.00845. The highest BCUT2D eigenvalue weighted by atomic mass is 79.9. The van der Waals surface area contributed by atoms with Crippen LogP contribution in [0.4, 0.5) is 5.69 Å². The molecule has 0 spiro atoms. The number of carbonyl (C=O) groups is 1. The van der Waals surface area contributed by atoms with Crippen LogP contribution in [0.3, 0.4) is 0 Å². The van der Waals surface area contributed by atoms with E-state index in [1.807, 2.05) is 68.4 Å². The Hall–Kier alpha value is -3.40. The smallest absolute Gasteiger partial charge is 0.266 e. The minimum atomic E-state index is -0.454. The fraction of sp³-hybridized carbons (Fsp3) is 0.103. The Morgan fingerprint density at radius 1 is 1.00 bits per heavy atom. The summed E-state index contributed by atoms with van der Waals surface area (Å²) in [5.74, 6) is 0.193. The lowest BCUT2D eigenvalue weighted by atomic mass is 10.1. The summed E-state index contributed by atoms with van der Waals surface area (Å²) in [4.78, 5) is 12.8. The van der Waals surface area contributed by atoms with Gasteiger partial charge in [-0.05, 0) is 103 Å². The third-order valence-electron chi connectivity index (χ3n) is 5.80. The topological polar surface area (TPSA) is 62.1 Å². The molecule has 0 fully saturated rings. The number of nitriles is 1. The molecule has 0 aliphatic heterocycles. The van der Waals surface area contributed by atoms with Crippen LogP contribution in [0.5, 0.6) is 5.75 Å². The molecule has 1 amide bonds. The molecule has 0 aromatic heterocycles. The van der Waals surface area contributed by atoms with E-state index in [9.17, 15) is 10.1 Å². The van der Waals surface area contributed by atoms with Crippen LogP contribution in [-0.2, 0) is 11.4 Å². The molecular formula is C29H22Br2N2O2. The quantitative estimate of drug-likeness (QED) is 0.182. The molecule has 4 rings (SSSR count). The molecule has 35 heavy (non-hydrogen) atoms. The summed E-state index contributed by atoms with van der Waals surface area (Å²) in [6.45, 7) is 4.31. The fourth-order valence-electron chi connectivity index (χ4n) is 3.76. The summed E-state index contributed by atoms with van der Waals surface area (Å²) in [6, 6.07) is 25.7. The summed E-state index contributed by atoms with van der Waals surface area (Å²) in [7, 11) is 0. The Morgan fingerprint density at radius 2 is 1.69 bits per heavy atom. The molecule has 0 bridgehead atoms. The van der Waals surface area contributed by atoms with Crippen molar-refractivity contribution in [2.24, 2.45) is 0 Å². The van der Waals surface area contributed by atoms with Crippen LogP contribution in [-0.4, -0.2) is 5.91 Å². The first-order chi connectivity index (χ1) is 16.9. The number of carbonyl (C=O) groups excluding carboxylic acids is 1. The number of hydrogen-bond donors (Lipinski definition) is 1. The van der Waals surface area contributed by atoms with Crippen LogP contribution in [0, 0.1) is 25.2 Å². The van der Waals surface area contributed by atoms with E-state index in [4.69, 9.17) is 4.74 Å². The van der Waals surface area contributed by atoms with Crippen LogP contribution in [0.15, 0.2) is 87.3 Å². The van der Waals surface area contributed by atoms with Crippen molar-refractivity contribution in [1.82, 2.24) is 0 Å². The van der Waals surface area contributed by atoms with E-state index in [1.165, 1.54) is 0 Å². The zero-order chi connectivity index (χ0) is 24.9. The first kappa shape index (κ1) is 24.7. The third-order valence-corrected chi connectivity index (χ3v) is 6.98. The Kier molecular flexibility index (Phi) is 7.70. The van der Waals surface area contributed by atoms with Gasteiger partial charge in [-0.3, -0.25) is 4.79 Å². The summed E-state index contributed by atoms with van der Waals surface area (Å²) < 4.78 is 7.57. The first-order valence-corrected chi connectivity index (χ1v) is 12.5. The number of amides is 1. The lowest BCUT2D eigenvalue weighted by Gasteiger charge is -2.13. The number of nitrogens with zero attached hydrogens (tertiary/aromatic N) is 1. The normalized spacial score (nSPS) is 11.2. The molecule has 0 radical (unpaired) electrons. The second kappa shape index (κ2) is 10.9. The lowest BCUT2D eigenvalue weighted by molar-refractivity contribution is -0.112. The molecule has 1 N–H and O–H groups in total. The van der Waals surface area contributed by atoms with Gasteiger partial charge in [0.25, 0.3) is 5.91 Å². The van der Waals surface area contributed by atoms with Crippen molar-refractivity contribution in [3.63, 3.8) is 0 Å². The van der Waals surface area contributed by atoms with Crippen molar-refractivity contribution >= 4 is 60.3 Å². The SMILES string of the molecule is Cc1cccc(NC(=O)/C(C#N)=C/c2cc(Br)c(OCc3cccc4ccccc34)c(Br)c2)c1C. The van der Waals surface area contributed by atoms with Gasteiger partial charge in [0.15, 0.2) is 0 Å². The summed E-state index contributed by atoms with van der Waals surface area (Å²) >= 11 is 7.15. The minimum Gasteiger partial charge on any atom is -0.487 e. The number of hydrogen-bond acceptors (Lipinski definition) is 3. The van der Waals surface area contributed by atoms with Gasteiger partial charge in [0, 0.05) is 5.69 Å². The number of halogens is 2. The van der Waals surface area contributed by atoms with Crippen LogP contribution in [0.1, 0.15) is 22.3 Å². The van der Waals surface area contributed by atoms with E-state index in [-0.39, 0.29) is 5.57 Å². The maximum Gasteiger partial charge on any atom is 0.266 e. The molecular weight excluding hydrogens is 568 g/mol. The molecule has 4 aromatic carbocycles. The van der Waals surface area contributed by atoms with Crippen molar-refractivity contribution in [3.8, 4) is 11.8 Å². The number of ether oxygens (including phenoxy) is 1. The van der Waals surface area contributed by atoms with Crippen LogP contribution in [0.25, 0.3) is 16.8 Å². The Bertz CT molecular complexity index is 1470. The van der Waals surface area contributed by atoms with Gasteiger partial charge in [0.2, 0.25) is 0 Å². The number of benzene rings is 4. The summed E-state index contributed by atoms with van der Waals surface area (Å²) in [6.07, 6.45) is 1.56. The van der Waals surface area contributed by atoms with Crippen molar-refractivity contribution in [2.75, 3.05) is 5.32 Å². The zero-order valence-electron chi connectivity index (χ0n) is 19.2. The van der Waals surface area contributed by atoms with Gasteiger partial charge < -0.3 is 10.1 Å². The molecule has 0 atom stereocenters. The van der Waals surface area contributed by atoms with Crippen LogP contribution < -0.4 is 10.1 Å². The molecule has 0 unspecified atom stereocenters. The number of fused-ring (bicyclic) bond motifs is 1. The highest BCUT2D eigenvalue weighted by Gasteiger charge is 2.14. The average Bonchev–Trinajstić information content (AvgIpc) is 2.85. The average molecular weight is 590 g/mol. The van der Waals surface area contributed by atoms with Crippen LogP contribution in [0.2, 0.25) is 0 Å². The molecule has 174 valence electrons. The molecule has 0 aliphatic carbocycles. The van der Waals surface area contributed by atoms with Crippen molar-refractivity contribution < 1.29 is 9.53 Å². The fourth-order valence-corrected chi connectivity index (χ4v) is 5.21. The van der Waals surface area contributed by atoms with Gasteiger partial charge in [0.1, 0.15) is 24.0 Å². The number of anilines is 1. The maximum atomic E-state index is 12.8. The molecule has 0 heterocycles. The Labute approximate surface area is 221 Å². The van der Waals surface area contributed by atoms with Crippen LogP contribution >= 0.6 is 31.9 Å². The highest BCUT2D eigenvalue weighted by molar-refractivity contribution is 9.11. The summed E-state index contributed by atoms with van der Waals surface area (Å²) in [5, 5.41) is 14.8. The van der Waals surface area contributed by atoms with Gasteiger partial charge in [-0.2, -0.15) is 5.26 Å². The largest absolute Gasteiger partial charge is 0.487 e. The first-order valence-electron chi connectivity index (χ1n) is 10.9. The van der Waals surface area contributed by atoms with E-state index < -0.39 is 5.91 Å². The van der Waals surface area contributed by atoms with Gasteiger partial charge in [-0.25, -0.2) is 0 Å². The molecule has 0 saturated heterocycles. The molecule has 6 heteroatoms. The number of rotatable bonds is 6. The van der Waals surface area contributed by atoms with E-state index in [0.29, 0.717) is 32.6 Å². The highest BCUT2D eigenvalue weighted by Crippen LogP contribution is 2.36. The molecule has 4 nitrogen and oxygen atoms in total. The van der Waals surface area contributed by atoms with Crippen molar-refractivity contribution in [2.45, 2.75) is 20.5 Å². The predicted octanol–water partition coefficient (Wildman–Crippen LogP) is 8.11.